The first-order valence-corrected chi connectivity index (χ1v) is 14.2. The Bertz CT molecular complexity index is 1340. The number of rotatable bonds is 7. The maximum absolute atomic E-state index is 11.2. The largest absolute Gasteiger partial charge is 0.481 e. The van der Waals surface area contributed by atoms with Gasteiger partial charge >= 0.3 is 5.97 Å². The zero-order valence-corrected chi connectivity index (χ0v) is 22.9. The minimum absolute atomic E-state index is 0.00107. The predicted molar refractivity (Wildman–Crippen MR) is 152 cm³/mol. The van der Waals surface area contributed by atoms with Crippen molar-refractivity contribution in [3.05, 3.63) is 58.6 Å². The summed E-state index contributed by atoms with van der Waals surface area (Å²) in [4.78, 5) is 26.0. The van der Waals surface area contributed by atoms with Crippen molar-refractivity contribution in [2.75, 3.05) is 36.4 Å². The number of carboxylic acid groups (broad SMARTS) is 1. The lowest BCUT2D eigenvalue weighted by molar-refractivity contribution is -0.147. The summed E-state index contributed by atoms with van der Waals surface area (Å²) in [5.74, 6) is 2.12. The van der Waals surface area contributed by atoms with E-state index in [2.05, 4.69) is 46.3 Å². The van der Waals surface area contributed by atoms with Crippen LogP contribution in [-0.4, -0.2) is 58.2 Å². The lowest BCUT2D eigenvalue weighted by Crippen LogP contribution is -2.56. The Labute approximate surface area is 229 Å². The van der Waals surface area contributed by atoms with Crippen LogP contribution in [0.25, 0.3) is 10.9 Å². The molecule has 2 atom stereocenters. The Kier molecular flexibility index (Phi) is 6.91. The third kappa shape index (κ3) is 4.94. The molecule has 38 heavy (non-hydrogen) atoms. The Morgan fingerprint density at radius 3 is 2.66 bits per heavy atom. The number of halogens is 1. The molecule has 0 radical (unpaired) electrons. The van der Waals surface area contributed by atoms with E-state index in [0.717, 1.165) is 77.8 Å². The summed E-state index contributed by atoms with van der Waals surface area (Å²) in [6.07, 6.45) is 4.08. The van der Waals surface area contributed by atoms with Crippen LogP contribution in [0.2, 0.25) is 5.02 Å². The van der Waals surface area contributed by atoms with Crippen molar-refractivity contribution in [3.63, 3.8) is 0 Å². The van der Waals surface area contributed by atoms with E-state index in [1.165, 1.54) is 12.8 Å². The smallest absolute Gasteiger partial charge is 0.306 e. The molecular formula is C30H36ClN5O2. The number of hydrogen-bond donors (Lipinski definition) is 2. The second kappa shape index (κ2) is 10.3. The van der Waals surface area contributed by atoms with Gasteiger partial charge < -0.3 is 20.2 Å². The van der Waals surface area contributed by atoms with Gasteiger partial charge in [0.15, 0.2) is 0 Å². The number of piperidine rings is 1. The number of nitrogens with one attached hydrogen (secondary N) is 1. The molecule has 1 aliphatic carbocycles. The molecule has 3 fully saturated rings. The molecule has 1 aromatic heterocycles. The number of aromatic nitrogens is 2. The number of carbonyl (C=O) groups is 1. The molecule has 2 aromatic carbocycles. The molecule has 3 aromatic rings. The molecule has 8 heteroatoms. The molecule has 2 aliphatic heterocycles. The highest BCUT2D eigenvalue weighted by Crippen LogP contribution is 2.39. The van der Waals surface area contributed by atoms with Crippen LogP contribution in [-0.2, 0) is 4.79 Å². The van der Waals surface area contributed by atoms with Crippen molar-refractivity contribution in [2.24, 2.45) is 17.8 Å². The number of fused-ring (bicyclic) bond motifs is 1. The quantitative estimate of drug-likeness (QED) is 0.398. The van der Waals surface area contributed by atoms with Gasteiger partial charge in [-0.05, 0) is 87.2 Å². The minimum atomic E-state index is -0.634. The fourth-order valence-corrected chi connectivity index (χ4v) is 6.80. The average molecular weight is 534 g/mol. The van der Waals surface area contributed by atoms with E-state index in [1.54, 1.807) is 0 Å². The van der Waals surface area contributed by atoms with Gasteiger partial charge in [-0.2, -0.15) is 4.98 Å². The van der Waals surface area contributed by atoms with E-state index in [0.29, 0.717) is 17.9 Å². The molecule has 0 unspecified atom stereocenters. The van der Waals surface area contributed by atoms with Crippen LogP contribution in [0.3, 0.4) is 0 Å². The van der Waals surface area contributed by atoms with Crippen molar-refractivity contribution in [2.45, 2.75) is 51.6 Å². The monoisotopic (exact) mass is 533 g/mol. The van der Waals surface area contributed by atoms with Crippen LogP contribution in [0.5, 0.6) is 0 Å². The van der Waals surface area contributed by atoms with Crippen molar-refractivity contribution >= 4 is 40.2 Å². The van der Waals surface area contributed by atoms with Crippen LogP contribution in [0.15, 0.2) is 42.5 Å². The minimum Gasteiger partial charge on any atom is -0.481 e. The van der Waals surface area contributed by atoms with Crippen LogP contribution >= 0.6 is 11.6 Å². The third-order valence-corrected chi connectivity index (χ3v) is 9.22. The van der Waals surface area contributed by atoms with Crippen molar-refractivity contribution in [1.29, 1.82) is 0 Å². The van der Waals surface area contributed by atoms with Gasteiger partial charge in [-0.3, -0.25) is 4.79 Å². The first kappa shape index (κ1) is 25.4. The van der Waals surface area contributed by atoms with Crippen molar-refractivity contribution in [3.8, 4) is 0 Å². The molecule has 2 N–H and O–H groups in total. The fourth-order valence-electron chi connectivity index (χ4n) is 6.40. The number of anilines is 2. The summed E-state index contributed by atoms with van der Waals surface area (Å²) < 4.78 is 0. The second-order valence-corrected chi connectivity index (χ2v) is 11.9. The summed E-state index contributed by atoms with van der Waals surface area (Å²) in [5, 5.41) is 14.6. The molecule has 6 rings (SSSR count). The van der Waals surface area contributed by atoms with Crippen LogP contribution < -0.4 is 10.2 Å². The van der Waals surface area contributed by atoms with Gasteiger partial charge in [-0.15, -0.1) is 0 Å². The Morgan fingerprint density at radius 2 is 1.89 bits per heavy atom. The fraction of sp³-hybridized carbons (Fsp3) is 0.500. The Morgan fingerprint density at radius 1 is 1.11 bits per heavy atom. The molecule has 7 nitrogen and oxygen atoms in total. The molecule has 200 valence electrons. The van der Waals surface area contributed by atoms with E-state index in [1.807, 2.05) is 25.1 Å². The first-order valence-electron chi connectivity index (χ1n) is 13.9. The number of aliphatic carboxylic acids is 1. The van der Waals surface area contributed by atoms with E-state index >= 15 is 0 Å². The van der Waals surface area contributed by atoms with Gasteiger partial charge in [-0.25, -0.2) is 4.98 Å². The van der Waals surface area contributed by atoms with Gasteiger partial charge in [0.25, 0.3) is 0 Å². The lowest BCUT2D eigenvalue weighted by atomic mass is 9.76. The Balaban J connectivity index is 1.14. The summed E-state index contributed by atoms with van der Waals surface area (Å²) >= 11 is 6.57. The Hall–Kier alpha value is -2.90. The third-order valence-electron chi connectivity index (χ3n) is 8.89. The number of para-hydroxylation sites is 1. The molecular weight excluding hydrogens is 498 g/mol. The molecule has 3 heterocycles. The molecule has 1 saturated carbocycles. The number of benzene rings is 2. The summed E-state index contributed by atoms with van der Waals surface area (Å²) in [5.41, 5.74) is 3.13. The molecule has 0 bridgehead atoms. The van der Waals surface area contributed by atoms with Gasteiger partial charge in [-0.1, -0.05) is 35.9 Å². The molecule has 3 aliphatic rings. The summed E-state index contributed by atoms with van der Waals surface area (Å²) in [6, 6.07) is 14.8. The lowest BCUT2D eigenvalue weighted by Gasteiger charge is -2.50. The number of nitrogens with zero attached hydrogens (tertiary/aromatic N) is 4. The highest BCUT2D eigenvalue weighted by molar-refractivity contribution is 6.31. The van der Waals surface area contributed by atoms with Gasteiger partial charge in [0.1, 0.15) is 5.82 Å². The highest BCUT2D eigenvalue weighted by atomic mass is 35.5. The predicted octanol–water partition coefficient (Wildman–Crippen LogP) is 5.78. The summed E-state index contributed by atoms with van der Waals surface area (Å²) in [7, 11) is 0. The number of likely N-dealkylation sites (tertiary alicyclic amines) is 1. The van der Waals surface area contributed by atoms with E-state index in [9.17, 15) is 9.90 Å². The maximum atomic E-state index is 11.2. The highest BCUT2D eigenvalue weighted by Gasteiger charge is 2.42. The number of carboxylic acids is 1. The van der Waals surface area contributed by atoms with Crippen LogP contribution in [0.4, 0.5) is 11.8 Å². The zero-order valence-electron chi connectivity index (χ0n) is 22.1. The summed E-state index contributed by atoms with van der Waals surface area (Å²) in [6.45, 7) is 8.30. The second-order valence-electron chi connectivity index (χ2n) is 11.5. The van der Waals surface area contributed by atoms with Gasteiger partial charge in [0, 0.05) is 36.1 Å². The van der Waals surface area contributed by atoms with E-state index in [4.69, 9.17) is 21.6 Å². The van der Waals surface area contributed by atoms with Crippen molar-refractivity contribution in [1.82, 2.24) is 14.9 Å². The maximum Gasteiger partial charge on any atom is 0.306 e. The van der Waals surface area contributed by atoms with Gasteiger partial charge in [0.05, 0.1) is 17.5 Å². The molecule has 2 saturated heterocycles. The average Bonchev–Trinajstić information content (AvgIpc) is 2.82. The normalized spacial score (nSPS) is 25.0. The number of aryl methyl sites for hydroxylation is 1. The van der Waals surface area contributed by atoms with E-state index in [-0.39, 0.29) is 12.0 Å². The van der Waals surface area contributed by atoms with Crippen molar-refractivity contribution < 1.29 is 9.90 Å². The van der Waals surface area contributed by atoms with Crippen LogP contribution in [0, 0.1) is 24.7 Å². The molecule has 0 amide bonds. The topological polar surface area (TPSA) is 81.6 Å². The first-order chi connectivity index (χ1) is 18.4. The zero-order chi connectivity index (χ0) is 26.4. The number of hydrogen-bond acceptors (Lipinski definition) is 6. The standard InChI is InChI=1S/C30H36ClN5O2/c1-18-9-10-24(26(31)12-18)19(2)32-28-25-7-3-4-8-27(25)33-30(34-28)36-16-22(17-36)20-6-5-11-35(15-20)23-13-21(14-23)29(37)38/h3-4,7-10,12,19-23H,5-6,11,13-17H2,1-2H3,(H,37,38)(H,32,33,34)/t19-,20+,21?,23?/m1/s1. The van der Waals surface area contributed by atoms with E-state index < -0.39 is 5.97 Å². The van der Waals surface area contributed by atoms with Crippen LogP contribution in [0.1, 0.15) is 49.8 Å². The van der Waals surface area contributed by atoms with Gasteiger partial charge in [0.2, 0.25) is 5.95 Å². The SMILES string of the molecule is Cc1ccc([C@@H](C)Nc2nc(N3CC([C@H]4CCCN(C5CC(C(=O)O)C5)C4)C3)nc3ccccc23)c(Cl)c1. The molecule has 0 spiro atoms.